The van der Waals surface area contributed by atoms with Crippen molar-refractivity contribution in [3.05, 3.63) is 127 Å². The number of likely N-dealkylation sites (N-methyl/N-ethyl adjacent to an activating group) is 2. The number of carbonyl (C=O) groups excluding carboxylic acids is 6. The molecule has 2 fully saturated rings. The molecular weight excluding hydrogens is 1060 g/mol. The Balaban J connectivity index is 1.45. The van der Waals surface area contributed by atoms with Crippen molar-refractivity contribution < 1.29 is 48.1 Å². The molecule has 2 heterocycles. The molecule has 4 aromatic carbocycles. The van der Waals surface area contributed by atoms with Gasteiger partial charge >= 0.3 is 12.2 Å². The Morgan fingerprint density at radius 2 is 0.914 bits per heavy atom. The molecule has 432 valence electrons. The molecule has 0 spiro atoms. The van der Waals surface area contributed by atoms with Crippen molar-refractivity contribution in [1.82, 2.24) is 29.4 Å². The van der Waals surface area contributed by atoms with E-state index in [1.54, 1.807) is 106 Å². The number of ether oxygens (including phenoxy) is 2. The highest BCUT2D eigenvalue weighted by Gasteiger charge is 2.41. The van der Waals surface area contributed by atoms with E-state index in [2.05, 4.69) is 0 Å². The van der Waals surface area contributed by atoms with Crippen LogP contribution < -0.4 is 0 Å². The van der Waals surface area contributed by atoms with Crippen molar-refractivity contribution in [2.75, 3.05) is 67.5 Å². The number of rotatable bonds is 14. The lowest BCUT2D eigenvalue weighted by molar-refractivity contribution is -0.387. The topological polar surface area (TPSA) is 227 Å². The molecule has 2 unspecified atom stereocenters. The van der Waals surface area contributed by atoms with E-state index in [-0.39, 0.29) is 83.4 Å². The molecule has 2 saturated heterocycles. The third-order valence-corrected chi connectivity index (χ3v) is 14.6. The fraction of sp³-hybridized carbons (Fsp3) is 0.433. The number of benzene rings is 4. The molecule has 2 atom stereocenters. The molecule has 2 aliphatic rings. The summed E-state index contributed by atoms with van der Waals surface area (Å²) in [4.78, 5) is 116. The number of hydrogen-bond acceptors (Lipinski definition) is 13. The maximum Gasteiger partial charge on any atom is 0.411 e. The second kappa shape index (κ2) is 25.6. The molecule has 2 aliphatic heterocycles. The van der Waals surface area contributed by atoms with Crippen LogP contribution in [0.3, 0.4) is 0 Å². The van der Waals surface area contributed by atoms with Crippen LogP contribution in [0.2, 0.25) is 0 Å². The number of amides is 6. The van der Waals surface area contributed by atoms with Crippen LogP contribution in [-0.2, 0) is 28.7 Å². The maximum absolute atomic E-state index is 14.1. The van der Waals surface area contributed by atoms with Gasteiger partial charge in [0.25, 0.3) is 11.4 Å². The lowest BCUT2D eigenvalue weighted by Crippen LogP contribution is -2.61. The lowest BCUT2D eigenvalue weighted by atomic mass is 9.89. The van der Waals surface area contributed by atoms with Gasteiger partial charge in [-0.3, -0.25) is 49.2 Å². The van der Waals surface area contributed by atoms with E-state index < -0.39 is 68.9 Å². The standard InChI is InChI=1S/C60H74N8O12S/c1-37(2)41-19-15-17-21-43(41)51-39(25-29-49(69)63-31-33-65(57(73)79-59(5,6)7)45(35-63)55(71)61(11)12)23-27-47(53(51)67(75)76)81-48-28-24-40(52(54(48)68(77)78)44-22-18-16-20-42(44)38(3)4)26-30-50(70)64-32-34-66(58(74)80-60(8,9)10)46(36-64)56(72)62(13)14/h15-30,37-38,45-46H,31-36H2,1-14H3. The van der Waals surface area contributed by atoms with E-state index >= 15 is 0 Å². The smallest absolute Gasteiger partial charge is 0.411 e. The molecule has 20 nitrogen and oxygen atoms in total. The van der Waals surface area contributed by atoms with Crippen molar-refractivity contribution in [2.45, 2.75) is 114 Å². The molecule has 0 N–H and O–H groups in total. The lowest BCUT2D eigenvalue weighted by Gasteiger charge is -2.41. The SMILES string of the molecule is CC(C)c1ccccc1-c1c(C=CC(=O)N2CCN(C(=O)OC(C)(C)C)C(C(=O)N(C)C)C2)ccc(Sc2ccc(C=CC(=O)N3CCN(C(=O)OC(C)(C)C)C(C(=O)N(C)C)C3)c(-c3ccccc3C(C)C)c2[N+](=O)[O-])c1[N+](=O)[O-]. The molecule has 0 aliphatic carbocycles. The predicted molar refractivity (Wildman–Crippen MR) is 311 cm³/mol. The summed E-state index contributed by atoms with van der Waals surface area (Å²) >= 11 is 0.839. The average Bonchev–Trinajstić information content (AvgIpc) is 3.52. The second-order valence-corrected chi connectivity index (χ2v) is 24.0. The van der Waals surface area contributed by atoms with Crippen LogP contribution in [0, 0.1) is 20.2 Å². The molecule has 4 aromatic rings. The van der Waals surface area contributed by atoms with Gasteiger partial charge in [-0.2, -0.15) is 0 Å². The molecule has 0 saturated carbocycles. The van der Waals surface area contributed by atoms with Crippen molar-refractivity contribution in [3.8, 4) is 22.3 Å². The highest BCUT2D eigenvalue weighted by Crippen LogP contribution is 2.50. The molecule has 6 rings (SSSR count). The van der Waals surface area contributed by atoms with Crippen LogP contribution in [0.4, 0.5) is 21.0 Å². The minimum atomic E-state index is -1.04. The first-order valence-electron chi connectivity index (χ1n) is 26.7. The third kappa shape index (κ3) is 14.8. The Morgan fingerprint density at radius 1 is 0.568 bits per heavy atom. The fourth-order valence-corrected chi connectivity index (χ4v) is 10.8. The number of hydrogen-bond donors (Lipinski definition) is 0. The minimum absolute atomic E-state index is 0.00653. The Bertz CT molecular complexity index is 2950. The van der Waals surface area contributed by atoms with Crippen molar-refractivity contribution >= 4 is 71.1 Å². The van der Waals surface area contributed by atoms with Gasteiger partial charge < -0.3 is 29.1 Å². The predicted octanol–water partition coefficient (Wildman–Crippen LogP) is 10.3. The van der Waals surface area contributed by atoms with Crippen LogP contribution >= 0.6 is 11.8 Å². The molecule has 0 bridgehead atoms. The molecule has 21 heteroatoms. The largest absolute Gasteiger partial charge is 0.444 e. The summed E-state index contributed by atoms with van der Waals surface area (Å²) in [6, 6.07) is 18.5. The van der Waals surface area contributed by atoms with E-state index in [4.69, 9.17) is 9.47 Å². The first-order chi connectivity index (χ1) is 37.9. The molecule has 0 radical (unpaired) electrons. The Morgan fingerprint density at radius 3 is 1.22 bits per heavy atom. The van der Waals surface area contributed by atoms with Crippen molar-refractivity contribution in [1.29, 1.82) is 0 Å². The van der Waals surface area contributed by atoms with Gasteiger partial charge in [0.1, 0.15) is 23.3 Å². The van der Waals surface area contributed by atoms with Gasteiger partial charge in [-0.1, -0.05) is 100 Å². The van der Waals surface area contributed by atoms with Crippen LogP contribution in [0.5, 0.6) is 0 Å². The summed E-state index contributed by atoms with van der Waals surface area (Å²) in [5, 5.41) is 27.4. The van der Waals surface area contributed by atoms with Gasteiger partial charge in [0, 0.05) is 66.5 Å². The molecule has 6 amide bonds. The van der Waals surface area contributed by atoms with Gasteiger partial charge in [0.2, 0.25) is 23.6 Å². The zero-order valence-corrected chi connectivity index (χ0v) is 49.5. The number of nitrogens with zero attached hydrogens (tertiary/aromatic N) is 8. The summed E-state index contributed by atoms with van der Waals surface area (Å²) in [6.07, 6.45) is 4.13. The third-order valence-electron chi connectivity index (χ3n) is 13.5. The van der Waals surface area contributed by atoms with E-state index in [1.165, 1.54) is 65.8 Å². The number of carbonyl (C=O) groups is 6. The van der Waals surface area contributed by atoms with Gasteiger partial charge in [0.05, 0.1) is 43.9 Å². The maximum atomic E-state index is 14.1. The normalized spacial score (nSPS) is 16.0. The second-order valence-electron chi connectivity index (χ2n) is 22.9. The monoisotopic (exact) mass is 1130 g/mol. The first-order valence-corrected chi connectivity index (χ1v) is 27.6. The Kier molecular flexibility index (Phi) is 19.6. The summed E-state index contributed by atoms with van der Waals surface area (Å²) in [6.45, 7) is 18.0. The Hall–Kier alpha value is -8.07. The van der Waals surface area contributed by atoms with E-state index in [0.717, 1.165) is 22.9 Å². The minimum Gasteiger partial charge on any atom is -0.444 e. The van der Waals surface area contributed by atoms with Crippen LogP contribution in [0.15, 0.2) is 94.7 Å². The van der Waals surface area contributed by atoms with E-state index in [0.29, 0.717) is 22.3 Å². The first kappa shape index (κ1) is 62.1. The summed E-state index contributed by atoms with van der Waals surface area (Å²) < 4.78 is 11.2. The van der Waals surface area contributed by atoms with E-state index in [1.807, 2.05) is 52.0 Å². The van der Waals surface area contributed by atoms with Crippen LogP contribution in [0.25, 0.3) is 34.4 Å². The highest BCUT2D eigenvalue weighted by molar-refractivity contribution is 7.99. The summed E-state index contributed by atoms with van der Waals surface area (Å²) in [5.74, 6) is -2.08. The highest BCUT2D eigenvalue weighted by atomic mass is 32.2. The molecule has 81 heavy (non-hydrogen) atoms. The van der Waals surface area contributed by atoms with Crippen LogP contribution in [-0.4, -0.2) is 166 Å². The molecule has 0 aromatic heterocycles. The molecular formula is C60H74N8O12S. The van der Waals surface area contributed by atoms with Gasteiger partial charge in [-0.15, -0.1) is 0 Å². The quantitative estimate of drug-likeness (QED) is 0.0651. The fourth-order valence-electron chi connectivity index (χ4n) is 9.72. The number of piperazine rings is 2. The van der Waals surface area contributed by atoms with Gasteiger partial charge in [-0.25, -0.2) is 9.59 Å². The van der Waals surface area contributed by atoms with Gasteiger partial charge in [-0.05, 0) is 111 Å². The van der Waals surface area contributed by atoms with Gasteiger partial charge in [0.15, 0.2) is 0 Å². The average molecular weight is 1130 g/mol. The Labute approximate surface area is 478 Å². The zero-order valence-electron chi connectivity index (χ0n) is 48.7. The van der Waals surface area contributed by atoms with Crippen molar-refractivity contribution in [2.24, 2.45) is 0 Å². The number of nitro benzene ring substituents is 2. The number of nitro groups is 2. The zero-order chi connectivity index (χ0) is 60.0. The summed E-state index contributed by atoms with van der Waals surface area (Å²) in [7, 11) is 6.21. The summed E-state index contributed by atoms with van der Waals surface area (Å²) in [5.41, 5.74) is 1.08. The van der Waals surface area contributed by atoms with Crippen LogP contribution in [0.1, 0.15) is 103 Å². The van der Waals surface area contributed by atoms with E-state index in [9.17, 15) is 49.0 Å². The van der Waals surface area contributed by atoms with Crippen molar-refractivity contribution in [3.63, 3.8) is 0 Å².